The van der Waals surface area contributed by atoms with Crippen LogP contribution in [0.3, 0.4) is 0 Å². The number of para-hydroxylation sites is 2. The van der Waals surface area contributed by atoms with Gasteiger partial charge >= 0.3 is 0 Å². The number of anilines is 1. The smallest absolute Gasteiger partial charge is 0.270 e. The van der Waals surface area contributed by atoms with E-state index in [0.717, 1.165) is 11.3 Å². The number of fused-ring (bicyclic) bond motifs is 4. The number of nitro benzene ring substituents is 1. The first kappa shape index (κ1) is 16.6. The van der Waals surface area contributed by atoms with E-state index in [1.807, 2.05) is 36.1 Å². The molecule has 4 rings (SSSR count). The van der Waals surface area contributed by atoms with Crippen molar-refractivity contribution >= 4 is 28.7 Å². The van der Waals surface area contributed by atoms with Crippen molar-refractivity contribution in [1.82, 2.24) is 5.32 Å². The Morgan fingerprint density at radius 2 is 2.15 bits per heavy atom. The maximum Gasteiger partial charge on any atom is 0.270 e. The van der Waals surface area contributed by atoms with Crippen LogP contribution in [0.25, 0.3) is 0 Å². The fourth-order valence-electron chi connectivity index (χ4n) is 3.65. The zero-order valence-corrected chi connectivity index (χ0v) is 15.1. The lowest BCUT2D eigenvalue weighted by Gasteiger charge is -2.52. The zero-order chi connectivity index (χ0) is 18.5. The lowest BCUT2D eigenvalue weighted by atomic mass is 9.90. The first-order chi connectivity index (χ1) is 12.4. The second kappa shape index (κ2) is 5.84. The van der Waals surface area contributed by atoms with Gasteiger partial charge in [0.15, 0.2) is 10.8 Å². The second-order valence-corrected chi connectivity index (χ2v) is 6.86. The van der Waals surface area contributed by atoms with Gasteiger partial charge < -0.3 is 14.8 Å². The van der Waals surface area contributed by atoms with Crippen LogP contribution in [-0.4, -0.2) is 22.9 Å². The Bertz CT molecular complexity index is 919. The monoisotopic (exact) mass is 371 g/mol. The highest BCUT2D eigenvalue weighted by Gasteiger charge is 2.49. The number of nitrogens with zero attached hydrogens (tertiary/aromatic N) is 2. The van der Waals surface area contributed by atoms with Gasteiger partial charge in [-0.1, -0.05) is 12.1 Å². The predicted molar refractivity (Wildman–Crippen MR) is 101 cm³/mol. The predicted octanol–water partition coefficient (Wildman–Crippen LogP) is 3.54. The lowest BCUT2D eigenvalue weighted by Crippen LogP contribution is -2.65. The van der Waals surface area contributed by atoms with Crippen molar-refractivity contribution in [2.45, 2.75) is 25.1 Å². The molecule has 2 aliphatic rings. The third-order valence-electron chi connectivity index (χ3n) is 4.79. The van der Waals surface area contributed by atoms with Gasteiger partial charge in [0.25, 0.3) is 5.69 Å². The van der Waals surface area contributed by atoms with E-state index in [0.29, 0.717) is 23.0 Å². The number of ether oxygens (including phenoxy) is 2. The molecule has 0 amide bonds. The molecule has 2 atom stereocenters. The number of methoxy groups -OCH3 is 1. The molecule has 2 aromatic rings. The van der Waals surface area contributed by atoms with Crippen molar-refractivity contribution in [1.29, 1.82) is 0 Å². The minimum Gasteiger partial charge on any atom is -0.495 e. The fourth-order valence-corrected chi connectivity index (χ4v) is 4.09. The highest BCUT2D eigenvalue weighted by Crippen LogP contribution is 2.47. The van der Waals surface area contributed by atoms with E-state index in [-0.39, 0.29) is 11.7 Å². The highest BCUT2D eigenvalue weighted by molar-refractivity contribution is 7.80. The van der Waals surface area contributed by atoms with Crippen LogP contribution in [0.2, 0.25) is 0 Å². The number of non-ortho nitro benzene ring substituents is 1. The molecule has 1 N–H and O–H groups in total. The van der Waals surface area contributed by atoms with Crippen LogP contribution in [-0.2, 0) is 0 Å². The number of rotatable bonds is 3. The van der Waals surface area contributed by atoms with E-state index in [1.165, 1.54) is 6.07 Å². The number of nitro groups is 1. The lowest BCUT2D eigenvalue weighted by molar-refractivity contribution is -0.385. The number of nitrogens with one attached hydrogen (secondary N) is 1. The van der Waals surface area contributed by atoms with Crippen LogP contribution in [0.15, 0.2) is 42.5 Å². The van der Waals surface area contributed by atoms with Crippen molar-refractivity contribution in [2.75, 3.05) is 12.0 Å². The van der Waals surface area contributed by atoms with Crippen LogP contribution < -0.4 is 19.7 Å². The summed E-state index contributed by atoms with van der Waals surface area (Å²) in [6.45, 7) is 1.96. The summed E-state index contributed by atoms with van der Waals surface area (Å²) in [7, 11) is 1.61. The van der Waals surface area contributed by atoms with E-state index >= 15 is 0 Å². The van der Waals surface area contributed by atoms with Gasteiger partial charge in [0, 0.05) is 24.1 Å². The average Bonchev–Trinajstić information content (AvgIpc) is 2.61. The molecule has 134 valence electrons. The summed E-state index contributed by atoms with van der Waals surface area (Å²) in [5.41, 5.74) is 0.860. The Kier molecular flexibility index (Phi) is 3.73. The van der Waals surface area contributed by atoms with Gasteiger partial charge in [0.05, 0.1) is 23.8 Å². The van der Waals surface area contributed by atoms with E-state index in [9.17, 15) is 10.1 Å². The molecule has 26 heavy (non-hydrogen) atoms. The standard InChI is InChI=1S/C18H17N3O4S/c1-18-10-13(12-9-11(21(22)23)7-8-15(12)25-18)19-17(26)20(18)14-5-3-4-6-16(14)24-2/h3-9,13H,10H2,1-2H3,(H,19,26)/t13-,18-/m0/s1. The largest absolute Gasteiger partial charge is 0.495 e. The third-order valence-corrected chi connectivity index (χ3v) is 5.09. The van der Waals surface area contributed by atoms with E-state index in [1.54, 1.807) is 19.2 Å². The summed E-state index contributed by atoms with van der Waals surface area (Å²) in [4.78, 5) is 12.6. The normalized spacial score (nSPS) is 23.5. The van der Waals surface area contributed by atoms with Crippen molar-refractivity contribution < 1.29 is 14.4 Å². The molecule has 2 aromatic carbocycles. The second-order valence-electron chi connectivity index (χ2n) is 6.47. The van der Waals surface area contributed by atoms with Crippen LogP contribution in [0.1, 0.15) is 24.9 Å². The van der Waals surface area contributed by atoms with E-state index in [2.05, 4.69) is 5.32 Å². The minimum atomic E-state index is -0.731. The quantitative estimate of drug-likeness (QED) is 0.502. The van der Waals surface area contributed by atoms with Crippen molar-refractivity contribution in [3.8, 4) is 11.5 Å². The van der Waals surface area contributed by atoms with Crippen molar-refractivity contribution in [2.24, 2.45) is 0 Å². The summed E-state index contributed by atoms with van der Waals surface area (Å²) >= 11 is 5.60. The van der Waals surface area contributed by atoms with Gasteiger partial charge in [-0.15, -0.1) is 0 Å². The molecule has 0 radical (unpaired) electrons. The van der Waals surface area contributed by atoms with Gasteiger partial charge in [0.2, 0.25) is 0 Å². The van der Waals surface area contributed by atoms with Crippen molar-refractivity contribution in [3.05, 3.63) is 58.1 Å². The molecule has 0 saturated carbocycles. The molecular weight excluding hydrogens is 354 g/mol. The molecule has 2 aliphatic heterocycles. The number of benzene rings is 2. The Balaban J connectivity index is 1.80. The summed E-state index contributed by atoms with van der Waals surface area (Å²) < 4.78 is 11.8. The Morgan fingerprint density at radius 3 is 2.88 bits per heavy atom. The molecule has 7 nitrogen and oxygen atoms in total. The Hall–Kier alpha value is -2.87. The fraction of sp³-hybridized carbons (Fsp3) is 0.278. The molecule has 1 fully saturated rings. The van der Waals surface area contributed by atoms with Crippen LogP contribution >= 0.6 is 12.2 Å². The summed E-state index contributed by atoms with van der Waals surface area (Å²) in [5.74, 6) is 1.30. The van der Waals surface area contributed by atoms with Crippen molar-refractivity contribution in [3.63, 3.8) is 0 Å². The Labute approximate surface area is 155 Å². The Morgan fingerprint density at radius 1 is 1.38 bits per heavy atom. The van der Waals surface area contributed by atoms with Gasteiger partial charge in [0.1, 0.15) is 11.5 Å². The third kappa shape index (κ3) is 2.45. The first-order valence-electron chi connectivity index (χ1n) is 8.14. The molecular formula is C18H17N3O4S. The van der Waals surface area contributed by atoms with Crippen LogP contribution in [0, 0.1) is 10.1 Å². The molecule has 1 saturated heterocycles. The number of hydrogen-bond donors (Lipinski definition) is 1. The minimum absolute atomic E-state index is 0.0378. The average molecular weight is 371 g/mol. The zero-order valence-electron chi connectivity index (χ0n) is 14.3. The first-order valence-corrected chi connectivity index (χ1v) is 8.55. The molecule has 0 aliphatic carbocycles. The van der Waals surface area contributed by atoms with Crippen LogP contribution in [0.5, 0.6) is 11.5 Å². The molecule has 0 aromatic heterocycles. The van der Waals surface area contributed by atoms with Gasteiger partial charge in [-0.3, -0.25) is 15.0 Å². The molecule has 8 heteroatoms. The SMILES string of the molecule is COc1ccccc1N1C(=S)N[C@H]2C[C@]1(C)Oc1ccc([N+](=O)[O-])cc12. The maximum absolute atomic E-state index is 11.1. The molecule has 0 unspecified atom stereocenters. The van der Waals surface area contributed by atoms with Crippen LogP contribution in [0.4, 0.5) is 11.4 Å². The maximum atomic E-state index is 11.1. The highest BCUT2D eigenvalue weighted by atomic mass is 32.1. The summed E-state index contributed by atoms with van der Waals surface area (Å²) in [6.07, 6.45) is 0.583. The number of thiocarbonyl (C=S) groups is 1. The number of hydrogen-bond acceptors (Lipinski definition) is 5. The van der Waals surface area contributed by atoms with E-state index in [4.69, 9.17) is 21.7 Å². The van der Waals surface area contributed by atoms with E-state index < -0.39 is 10.6 Å². The summed E-state index contributed by atoms with van der Waals surface area (Å²) in [6, 6.07) is 12.1. The molecule has 2 bridgehead atoms. The molecule has 0 spiro atoms. The summed E-state index contributed by atoms with van der Waals surface area (Å²) in [5, 5.41) is 14.9. The van der Waals surface area contributed by atoms with Gasteiger partial charge in [-0.25, -0.2) is 0 Å². The topological polar surface area (TPSA) is 76.9 Å². The molecule has 2 heterocycles. The van der Waals surface area contributed by atoms with Gasteiger partial charge in [-0.2, -0.15) is 0 Å². The van der Waals surface area contributed by atoms with Gasteiger partial charge in [-0.05, 0) is 37.3 Å².